The third-order valence-electron chi connectivity index (χ3n) is 12.4. The second kappa shape index (κ2) is 24.1. The van der Waals surface area contributed by atoms with E-state index in [0.717, 1.165) is 29.7 Å². The van der Waals surface area contributed by atoms with E-state index in [9.17, 15) is 43.8 Å². The standard InChI is InChI=1S/C48H66N8O10/c1-6-30(5)41(55-39(58)27-49)44(63)53-36(25-31-15-8-7-9-16-31)45(64)56-37(43(62)51-34(20-22-40(59)60)42(61)52-35(46(65)66)19-21-38(50)57)26-48(24-23-29(4)14-12-13-28(2)3)32-17-10-11-18-33(32)54-47(48)56/h7-11,13,15-18,23,30,34-37,41,47,54H,6,12,14,19-22,24-27,49H2,1-5H3,(H2,50,57)(H,51,62)(H,52,61)(H,53,63)(H,55,58)(H,59,60)(H,65,66)/b29-23+/t30-,34-,35-,36-,37-,41-,47-,48-/m0/s1. The molecule has 1 fully saturated rings. The molecule has 4 rings (SSSR count). The Hall–Kier alpha value is -6.56. The first-order valence-corrected chi connectivity index (χ1v) is 22.5. The number of nitrogens with one attached hydrogen (secondary N) is 5. The van der Waals surface area contributed by atoms with Crippen LogP contribution in [-0.4, -0.2) is 105 Å². The number of carbonyl (C=O) groups excluding carboxylic acids is 6. The van der Waals surface area contributed by atoms with Crippen molar-refractivity contribution in [3.63, 3.8) is 0 Å². The first-order chi connectivity index (χ1) is 31.3. The number of fused-ring (bicyclic) bond motifs is 3. The molecule has 2 aliphatic rings. The number of hydrogen-bond acceptors (Lipinski definition) is 10. The van der Waals surface area contributed by atoms with Crippen molar-refractivity contribution in [3.8, 4) is 0 Å². The number of aliphatic carboxylic acids is 2. The molecule has 2 heterocycles. The van der Waals surface area contributed by atoms with Crippen molar-refractivity contribution in [2.24, 2.45) is 17.4 Å². The van der Waals surface area contributed by atoms with E-state index in [1.165, 1.54) is 10.5 Å². The fourth-order valence-electron chi connectivity index (χ4n) is 8.55. The minimum absolute atomic E-state index is 0.0180. The van der Waals surface area contributed by atoms with Crippen LogP contribution in [0.2, 0.25) is 0 Å². The molecule has 0 spiro atoms. The highest BCUT2D eigenvalue weighted by Crippen LogP contribution is 2.53. The van der Waals surface area contributed by atoms with Crippen LogP contribution in [0.25, 0.3) is 0 Å². The highest BCUT2D eigenvalue weighted by Gasteiger charge is 2.61. The molecular weight excluding hydrogens is 849 g/mol. The van der Waals surface area contributed by atoms with E-state index in [2.05, 4.69) is 38.7 Å². The summed E-state index contributed by atoms with van der Waals surface area (Å²) in [6, 6.07) is 9.60. The molecule has 0 aliphatic carbocycles. The zero-order valence-corrected chi connectivity index (χ0v) is 38.4. The summed E-state index contributed by atoms with van der Waals surface area (Å²) < 4.78 is 0. The summed E-state index contributed by atoms with van der Waals surface area (Å²) in [5, 5.41) is 33.5. The summed E-state index contributed by atoms with van der Waals surface area (Å²) >= 11 is 0. The van der Waals surface area contributed by atoms with Gasteiger partial charge in [-0.05, 0) is 82.4 Å². The quantitative estimate of drug-likeness (QED) is 0.0651. The zero-order chi connectivity index (χ0) is 48.7. The normalized spacial score (nSPS) is 19.6. The molecule has 2 aromatic rings. The summed E-state index contributed by atoms with van der Waals surface area (Å²) in [5.74, 6) is -7.64. The fourth-order valence-corrected chi connectivity index (χ4v) is 8.55. The smallest absolute Gasteiger partial charge is 0.326 e. The summed E-state index contributed by atoms with van der Waals surface area (Å²) in [4.78, 5) is 108. The van der Waals surface area contributed by atoms with Crippen LogP contribution < -0.4 is 38.1 Å². The first-order valence-electron chi connectivity index (χ1n) is 22.5. The maximum Gasteiger partial charge on any atom is 0.326 e. The molecule has 0 aromatic heterocycles. The predicted molar refractivity (Wildman–Crippen MR) is 247 cm³/mol. The lowest BCUT2D eigenvalue weighted by molar-refractivity contribution is -0.145. The number of benzene rings is 2. The maximum absolute atomic E-state index is 15.6. The molecule has 0 unspecified atom stereocenters. The van der Waals surface area contributed by atoms with Gasteiger partial charge in [0.1, 0.15) is 36.4 Å². The third-order valence-corrected chi connectivity index (χ3v) is 12.4. The first kappa shape index (κ1) is 52.1. The number of allylic oxidation sites excluding steroid dienone is 4. The third kappa shape index (κ3) is 13.7. The van der Waals surface area contributed by atoms with E-state index in [1.54, 1.807) is 37.3 Å². The average Bonchev–Trinajstić information content (AvgIpc) is 3.77. The molecule has 1 saturated heterocycles. The molecule has 358 valence electrons. The van der Waals surface area contributed by atoms with E-state index in [0.29, 0.717) is 18.4 Å². The summed E-state index contributed by atoms with van der Waals surface area (Å²) in [5.41, 5.74) is 14.4. The second-order valence-corrected chi connectivity index (χ2v) is 17.6. The lowest BCUT2D eigenvalue weighted by Gasteiger charge is -2.36. The van der Waals surface area contributed by atoms with Gasteiger partial charge in [0.05, 0.1) is 6.54 Å². The minimum Gasteiger partial charge on any atom is -0.481 e. The Morgan fingerprint density at radius 3 is 2.11 bits per heavy atom. The Bertz CT molecular complexity index is 2160. The molecule has 18 nitrogen and oxygen atoms in total. The summed E-state index contributed by atoms with van der Waals surface area (Å²) in [6.45, 7) is 9.34. The number of likely N-dealkylation sites (tertiary alicyclic amines) is 1. The van der Waals surface area contributed by atoms with Gasteiger partial charge in [-0.2, -0.15) is 0 Å². The second-order valence-electron chi connectivity index (χ2n) is 17.6. The molecular formula is C48H66N8O10. The van der Waals surface area contributed by atoms with Crippen molar-refractivity contribution in [2.45, 2.75) is 141 Å². The van der Waals surface area contributed by atoms with E-state index in [1.807, 2.05) is 52.0 Å². The van der Waals surface area contributed by atoms with Gasteiger partial charge in [-0.3, -0.25) is 33.6 Å². The average molecular weight is 915 g/mol. The molecule has 2 aliphatic heterocycles. The van der Waals surface area contributed by atoms with Gasteiger partial charge >= 0.3 is 11.9 Å². The van der Waals surface area contributed by atoms with Crippen LogP contribution in [0.4, 0.5) is 5.69 Å². The van der Waals surface area contributed by atoms with E-state index >= 15 is 4.79 Å². The number of amides is 6. The lowest BCUT2D eigenvalue weighted by Crippen LogP contribution is -2.62. The number of nitrogens with two attached hydrogens (primary N) is 2. The predicted octanol–water partition coefficient (Wildman–Crippen LogP) is 2.76. The number of anilines is 1. The van der Waals surface area contributed by atoms with Crippen LogP contribution >= 0.6 is 0 Å². The molecule has 18 heteroatoms. The summed E-state index contributed by atoms with van der Waals surface area (Å²) in [7, 11) is 0. The highest BCUT2D eigenvalue weighted by molar-refractivity contribution is 5.98. The van der Waals surface area contributed by atoms with Crippen LogP contribution in [0.5, 0.6) is 0 Å². The molecule has 0 bridgehead atoms. The Morgan fingerprint density at radius 2 is 1.48 bits per heavy atom. The van der Waals surface area contributed by atoms with Crippen molar-refractivity contribution in [1.29, 1.82) is 0 Å². The SMILES string of the molecule is CC[C@H](C)[C@H](NC(=O)CN)C(=O)N[C@@H](Cc1ccccc1)C(=O)N1[C@H](C(=O)N[C@@H](CCC(=O)O)C(=O)N[C@@H](CCC(N)=O)C(=O)O)C[C@@]2(C/C=C(\C)CCC=C(C)C)c3ccccc3N[C@@H]12. The summed E-state index contributed by atoms with van der Waals surface area (Å²) in [6.07, 6.45) is 4.02. The molecule has 8 atom stereocenters. The maximum atomic E-state index is 15.6. The molecule has 6 amide bonds. The van der Waals surface area contributed by atoms with Crippen molar-refractivity contribution < 1.29 is 48.6 Å². The van der Waals surface area contributed by atoms with Gasteiger partial charge < -0.3 is 53.2 Å². The van der Waals surface area contributed by atoms with Crippen LogP contribution in [0.1, 0.15) is 104 Å². The number of para-hydroxylation sites is 1. The largest absolute Gasteiger partial charge is 0.481 e. The Kier molecular flexibility index (Phi) is 19.0. The lowest BCUT2D eigenvalue weighted by atomic mass is 9.74. The number of carboxylic acid groups (broad SMARTS) is 2. The van der Waals surface area contributed by atoms with E-state index < -0.39 is 102 Å². The number of nitrogens with zero attached hydrogens (tertiary/aromatic N) is 1. The molecule has 11 N–H and O–H groups in total. The minimum atomic E-state index is -1.59. The number of primary amides is 1. The fraction of sp³-hybridized carbons (Fsp3) is 0.500. The van der Waals surface area contributed by atoms with Gasteiger partial charge in [0.15, 0.2) is 0 Å². The van der Waals surface area contributed by atoms with Crippen molar-refractivity contribution in [1.82, 2.24) is 26.2 Å². The Morgan fingerprint density at radius 1 is 0.833 bits per heavy atom. The van der Waals surface area contributed by atoms with Crippen LogP contribution in [0.3, 0.4) is 0 Å². The van der Waals surface area contributed by atoms with Crippen molar-refractivity contribution in [3.05, 3.63) is 89.0 Å². The zero-order valence-electron chi connectivity index (χ0n) is 38.4. The number of carbonyl (C=O) groups is 8. The molecule has 0 saturated carbocycles. The van der Waals surface area contributed by atoms with Crippen molar-refractivity contribution in [2.75, 3.05) is 11.9 Å². The van der Waals surface area contributed by atoms with Gasteiger partial charge in [-0.25, -0.2) is 4.79 Å². The van der Waals surface area contributed by atoms with Crippen LogP contribution in [0.15, 0.2) is 77.9 Å². The monoisotopic (exact) mass is 914 g/mol. The van der Waals surface area contributed by atoms with Gasteiger partial charge in [0.2, 0.25) is 35.4 Å². The highest BCUT2D eigenvalue weighted by atomic mass is 16.4. The van der Waals surface area contributed by atoms with Crippen molar-refractivity contribution >= 4 is 53.1 Å². The Balaban J connectivity index is 1.86. The van der Waals surface area contributed by atoms with Crippen LogP contribution in [0, 0.1) is 5.92 Å². The Labute approximate surface area is 385 Å². The molecule has 66 heavy (non-hydrogen) atoms. The number of hydrogen-bond donors (Lipinski definition) is 9. The topological polar surface area (TPSA) is 292 Å². The van der Waals surface area contributed by atoms with Crippen LogP contribution in [-0.2, 0) is 50.2 Å². The number of carboxylic acids is 2. The van der Waals surface area contributed by atoms with E-state index in [4.69, 9.17) is 11.5 Å². The molecule has 0 radical (unpaired) electrons. The van der Waals surface area contributed by atoms with Gasteiger partial charge in [0.25, 0.3) is 0 Å². The van der Waals surface area contributed by atoms with Gasteiger partial charge in [0, 0.05) is 30.4 Å². The van der Waals surface area contributed by atoms with Gasteiger partial charge in [-0.15, -0.1) is 0 Å². The van der Waals surface area contributed by atoms with Gasteiger partial charge in [-0.1, -0.05) is 92.1 Å². The van der Waals surface area contributed by atoms with E-state index in [-0.39, 0.29) is 38.1 Å². The molecule has 2 aromatic carbocycles. The number of rotatable bonds is 25.